The van der Waals surface area contributed by atoms with Crippen molar-refractivity contribution in [3.8, 4) is 0 Å². The number of allylic oxidation sites excluding steroid dienone is 1. The number of unbranched alkanes of at least 4 members (excludes halogenated alkanes) is 1. The number of anilines is 1. The zero-order valence-electron chi connectivity index (χ0n) is 23.4. The topological polar surface area (TPSA) is 9.72 Å². The molecule has 0 radical (unpaired) electrons. The molecule has 1 heterocycles. The third kappa shape index (κ3) is 10.4. The minimum Gasteiger partial charge on any atom is -0.370 e. The van der Waals surface area contributed by atoms with E-state index in [4.69, 9.17) is 0 Å². The maximum Gasteiger partial charge on any atom is 0.0408 e. The number of likely N-dealkylation sites (tertiary alicyclic amines) is 1. The van der Waals surface area contributed by atoms with E-state index < -0.39 is 0 Å². The van der Waals surface area contributed by atoms with E-state index in [1.807, 2.05) is 6.08 Å². The van der Waals surface area contributed by atoms with Crippen LogP contribution < -0.4 is 4.90 Å². The van der Waals surface area contributed by atoms with Crippen molar-refractivity contribution in [1.29, 1.82) is 0 Å². The summed E-state index contributed by atoms with van der Waals surface area (Å²) in [7, 11) is 0. The van der Waals surface area contributed by atoms with E-state index in [0.717, 1.165) is 39.1 Å². The first kappa shape index (κ1) is 29.4. The van der Waals surface area contributed by atoms with Crippen molar-refractivity contribution >= 4 is 11.8 Å². The van der Waals surface area contributed by atoms with Crippen molar-refractivity contribution in [3.05, 3.63) is 60.2 Å². The highest BCUT2D eigenvalue weighted by Gasteiger charge is 2.18. The van der Waals surface area contributed by atoms with Crippen molar-refractivity contribution < 1.29 is 0 Å². The second-order valence-electron chi connectivity index (χ2n) is 10.4. The summed E-state index contributed by atoms with van der Waals surface area (Å²) in [6.07, 6.45) is 15.3. The van der Waals surface area contributed by atoms with Gasteiger partial charge in [0.1, 0.15) is 0 Å². The second-order valence-corrected chi connectivity index (χ2v) is 10.4. The van der Waals surface area contributed by atoms with Gasteiger partial charge in [0.25, 0.3) is 0 Å². The van der Waals surface area contributed by atoms with Gasteiger partial charge in [-0.15, -0.1) is 6.58 Å². The van der Waals surface area contributed by atoms with Gasteiger partial charge in [0.15, 0.2) is 0 Å². The molecule has 0 N–H and O–H groups in total. The quantitative estimate of drug-likeness (QED) is 0.211. The monoisotopic (exact) mass is 479 g/mol. The number of nitrogens with zero attached hydrogens (tertiary/aromatic N) is 3. The van der Waals surface area contributed by atoms with Crippen molar-refractivity contribution in [2.24, 2.45) is 0 Å². The number of rotatable bonds is 17. The minimum atomic E-state index is 0.567. The van der Waals surface area contributed by atoms with E-state index >= 15 is 0 Å². The summed E-state index contributed by atoms with van der Waals surface area (Å²) in [6.45, 7) is 26.2. The molecule has 1 aromatic carbocycles. The van der Waals surface area contributed by atoms with Crippen LogP contribution in [0.5, 0.6) is 0 Å². The van der Waals surface area contributed by atoms with Gasteiger partial charge in [-0.1, -0.05) is 75.6 Å². The summed E-state index contributed by atoms with van der Waals surface area (Å²) in [6, 6.07) is 6.98. The van der Waals surface area contributed by atoms with Crippen LogP contribution in [0.3, 0.4) is 0 Å². The molecule has 196 valence electrons. The Hall–Kier alpha value is -1.84. The molecule has 35 heavy (non-hydrogen) atoms. The van der Waals surface area contributed by atoms with Crippen LogP contribution in [0, 0.1) is 0 Å². The predicted octanol–water partition coefficient (Wildman–Crippen LogP) is 7.76. The molecule has 3 heteroatoms. The summed E-state index contributed by atoms with van der Waals surface area (Å²) < 4.78 is 0. The Bertz CT molecular complexity index is 775. The van der Waals surface area contributed by atoms with Gasteiger partial charge in [-0.05, 0) is 75.7 Å². The molecule has 3 nitrogen and oxygen atoms in total. The largest absolute Gasteiger partial charge is 0.370 e. The average molecular weight is 480 g/mol. The second kappa shape index (κ2) is 16.8. The molecular weight excluding hydrogens is 426 g/mol. The van der Waals surface area contributed by atoms with Crippen molar-refractivity contribution in [2.75, 3.05) is 57.3 Å². The SMILES string of the molecule is C=CCN(CCN1CCCCC1)CCN(CC/C(C)=C\C)c1cc(C=C)ccc1C(C)CCCC. The molecule has 0 aliphatic carbocycles. The zero-order valence-corrected chi connectivity index (χ0v) is 23.4. The molecule has 0 saturated carbocycles. The Morgan fingerprint density at radius 3 is 2.51 bits per heavy atom. The average Bonchev–Trinajstić information content (AvgIpc) is 2.90. The van der Waals surface area contributed by atoms with Gasteiger partial charge in [-0.2, -0.15) is 0 Å². The van der Waals surface area contributed by atoms with Gasteiger partial charge in [-0.25, -0.2) is 0 Å². The molecule has 1 atom stereocenters. The predicted molar refractivity (Wildman–Crippen MR) is 158 cm³/mol. The Labute approximate surface area is 217 Å². The summed E-state index contributed by atoms with van der Waals surface area (Å²) in [5.41, 5.74) is 5.58. The van der Waals surface area contributed by atoms with Crippen LogP contribution >= 0.6 is 0 Å². The van der Waals surface area contributed by atoms with Crippen LogP contribution in [0.2, 0.25) is 0 Å². The standard InChI is InChI=1S/C32H53N3/c1-7-11-15-29(6)31-17-16-30(10-4)27-32(31)35(22-18-28(5)9-3)26-25-33(19-8-2)23-24-34-20-13-12-14-21-34/h8-10,16-17,27,29H,2,4,7,11-15,18-26H2,1,3,5-6H3/b28-9-. The molecule has 0 spiro atoms. The van der Waals surface area contributed by atoms with Gasteiger partial charge in [-0.3, -0.25) is 4.90 Å². The molecule has 1 aliphatic rings. The molecule has 1 unspecified atom stereocenters. The van der Waals surface area contributed by atoms with Gasteiger partial charge < -0.3 is 9.80 Å². The van der Waals surface area contributed by atoms with Crippen molar-refractivity contribution in [3.63, 3.8) is 0 Å². The lowest BCUT2D eigenvalue weighted by Gasteiger charge is -2.33. The van der Waals surface area contributed by atoms with E-state index in [1.54, 1.807) is 0 Å². The smallest absolute Gasteiger partial charge is 0.0408 e. The highest BCUT2D eigenvalue weighted by atomic mass is 15.2. The lowest BCUT2D eigenvalue weighted by molar-refractivity contribution is 0.190. The zero-order chi connectivity index (χ0) is 25.5. The first-order valence-corrected chi connectivity index (χ1v) is 14.2. The normalized spacial score (nSPS) is 15.9. The number of hydrogen-bond donors (Lipinski definition) is 0. The fraction of sp³-hybridized carbons (Fsp3) is 0.625. The summed E-state index contributed by atoms with van der Waals surface area (Å²) >= 11 is 0. The molecule has 2 rings (SSSR count). The van der Waals surface area contributed by atoms with E-state index in [9.17, 15) is 0 Å². The lowest BCUT2D eigenvalue weighted by atomic mass is 9.92. The van der Waals surface area contributed by atoms with Gasteiger partial charge in [0.2, 0.25) is 0 Å². The van der Waals surface area contributed by atoms with E-state index in [1.165, 1.54) is 80.5 Å². The maximum absolute atomic E-state index is 4.06. The van der Waals surface area contributed by atoms with Crippen LogP contribution in [0.1, 0.15) is 89.7 Å². The minimum absolute atomic E-state index is 0.567. The van der Waals surface area contributed by atoms with Crippen LogP contribution in [0.4, 0.5) is 5.69 Å². The Balaban J connectivity index is 2.20. The highest BCUT2D eigenvalue weighted by Crippen LogP contribution is 2.32. The Morgan fingerprint density at radius 2 is 1.86 bits per heavy atom. The molecule has 1 aromatic rings. The molecule has 1 aliphatic heterocycles. The highest BCUT2D eigenvalue weighted by molar-refractivity contribution is 5.62. The fourth-order valence-electron chi connectivity index (χ4n) is 5.06. The summed E-state index contributed by atoms with van der Waals surface area (Å²) in [4.78, 5) is 7.89. The Kier molecular flexibility index (Phi) is 14.1. The van der Waals surface area contributed by atoms with E-state index in [-0.39, 0.29) is 0 Å². The van der Waals surface area contributed by atoms with Crippen LogP contribution in [0.25, 0.3) is 6.08 Å². The molecule has 1 saturated heterocycles. The number of hydrogen-bond acceptors (Lipinski definition) is 3. The van der Waals surface area contributed by atoms with Crippen molar-refractivity contribution in [2.45, 2.75) is 78.6 Å². The molecule has 0 aromatic heterocycles. The first-order chi connectivity index (χ1) is 17.0. The van der Waals surface area contributed by atoms with Gasteiger partial charge in [0, 0.05) is 45.0 Å². The molecule has 1 fully saturated rings. The van der Waals surface area contributed by atoms with E-state index in [2.05, 4.69) is 85.9 Å². The number of benzene rings is 1. The third-order valence-electron chi connectivity index (χ3n) is 7.68. The van der Waals surface area contributed by atoms with Gasteiger partial charge in [0.05, 0.1) is 0 Å². The molecule has 0 amide bonds. The Morgan fingerprint density at radius 1 is 1.09 bits per heavy atom. The fourth-order valence-corrected chi connectivity index (χ4v) is 5.06. The molecule has 0 bridgehead atoms. The van der Waals surface area contributed by atoms with Crippen LogP contribution in [-0.4, -0.2) is 62.2 Å². The molecular formula is C32H53N3. The lowest BCUT2D eigenvalue weighted by Crippen LogP contribution is -2.41. The van der Waals surface area contributed by atoms with Gasteiger partial charge >= 0.3 is 0 Å². The first-order valence-electron chi connectivity index (χ1n) is 14.2. The number of piperidine rings is 1. The third-order valence-corrected chi connectivity index (χ3v) is 7.68. The summed E-state index contributed by atoms with van der Waals surface area (Å²) in [5, 5.41) is 0. The van der Waals surface area contributed by atoms with Crippen LogP contribution in [-0.2, 0) is 0 Å². The van der Waals surface area contributed by atoms with E-state index in [0.29, 0.717) is 5.92 Å². The summed E-state index contributed by atoms with van der Waals surface area (Å²) in [5.74, 6) is 0.567. The van der Waals surface area contributed by atoms with Crippen molar-refractivity contribution in [1.82, 2.24) is 9.80 Å². The van der Waals surface area contributed by atoms with Crippen LogP contribution in [0.15, 0.2) is 49.1 Å². The maximum atomic E-state index is 4.06.